The van der Waals surface area contributed by atoms with Crippen molar-refractivity contribution in [3.05, 3.63) is 0 Å². The molecule has 176 valence electrons. The molecule has 0 aromatic carbocycles. The van der Waals surface area contributed by atoms with Gasteiger partial charge in [0.15, 0.2) is 0 Å². The number of aliphatic hydroxyl groups is 1. The van der Waals surface area contributed by atoms with Crippen LogP contribution in [0.3, 0.4) is 0 Å². The molecule has 0 bridgehead atoms. The third-order valence-electron chi connectivity index (χ3n) is 3.77. The Morgan fingerprint density at radius 2 is 0.828 bits per heavy atom. The van der Waals surface area contributed by atoms with E-state index < -0.39 is 0 Å². The fraction of sp³-hybridized carbons (Fsp3) is 1.00. The van der Waals surface area contributed by atoms with Crippen LogP contribution in [0, 0.1) is 5.92 Å². The van der Waals surface area contributed by atoms with Gasteiger partial charge < -0.3 is 43.0 Å². The summed E-state index contributed by atoms with van der Waals surface area (Å²) in [4.78, 5) is 0. The molecule has 1 unspecified atom stereocenters. The second kappa shape index (κ2) is 25.7. The quantitative estimate of drug-likeness (QED) is 0.212. The zero-order valence-corrected chi connectivity index (χ0v) is 18.3. The van der Waals surface area contributed by atoms with Gasteiger partial charge in [0, 0.05) is 33.4 Å². The van der Waals surface area contributed by atoms with Gasteiger partial charge in [-0.15, -0.1) is 0 Å². The maximum absolute atomic E-state index is 9.38. The summed E-state index contributed by atoms with van der Waals surface area (Å²) in [6, 6.07) is 0. The number of rotatable bonds is 25. The summed E-state index contributed by atoms with van der Waals surface area (Å²) in [5, 5.41) is 9.38. The molecule has 0 radical (unpaired) electrons. The van der Waals surface area contributed by atoms with Crippen LogP contribution in [-0.2, 0) is 37.9 Å². The van der Waals surface area contributed by atoms with Crippen molar-refractivity contribution in [2.75, 3.05) is 113 Å². The van der Waals surface area contributed by atoms with E-state index in [1.54, 1.807) is 14.2 Å². The van der Waals surface area contributed by atoms with Crippen molar-refractivity contribution in [2.24, 2.45) is 5.92 Å². The SMILES string of the molecule is COCCOCCCCOCCOCC(CO)COCCOCCOCCOC. The molecule has 0 aliphatic rings. The average molecular weight is 427 g/mol. The van der Waals surface area contributed by atoms with E-state index in [1.807, 2.05) is 0 Å². The molecule has 0 saturated heterocycles. The van der Waals surface area contributed by atoms with Gasteiger partial charge in [-0.25, -0.2) is 0 Å². The molecule has 1 N–H and O–H groups in total. The van der Waals surface area contributed by atoms with Crippen LogP contribution in [0.1, 0.15) is 12.8 Å². The van der Waals surface area contributed by atoms with Crippen LogP contribution in [0.5, 0.6) is 0 Å². The van der Waals surface area contributed by atoms with E-state index in [4.69, 9.17) is 37.9 Å². The Hall–Kier alpha value is -0.360. The van der Waals surface area contributed by atoms with E-state index in [9.17, 15) is 5.11 Å². The first-order valence-corrected chi connectivity index (χ1v) is 10.4. The lowest BCUT2D eigenvalue weighted by molar-refractivity contribution is -0.0250. The van der Waals surface area contributed by atoms with Crippen LogP contribution < -0.4 is 0 Å². The van der Waals surface area contributed by atoms with Crippen molar-refractivity contribution in [3.63, 3.8) is 0 Å². The van der Waals surface area contributed by atoms with Gasteiger partial charge in [-0.3, -0.25) is 0 Å². The monoisotopic (exact) mass is 426 g/mol. The van der Waals surface area contributed by atoms with Crippen molar-refractivity contribution in [2.45, 2.75) is 12.8 Å². The number of methoxy groups -OCH3 is 2. The number of unbranched alkanes of at least 4 members (excludes halogenated alkanes) is 1. The van der Waals surface area contributed by atoms with Crippen molar-refractivity contribution < 1.29 is 43.0 Å². The molecular formula is C20H42O9. The molecule has 0 spiro atoms. The van der Waals surface area contributed by atoms with Gasteiger partial charge >= 0.3 is 0 Å². The molecule has 0 aromatic heterocycles. The van der Waals surface area contributed by atoms with Gasteiger partial charge in [-0.1, -0.05) is 0 Å². The van der Waals surface area contributed by atoms with Crippen LogP contribution >= 0.6 is 0 Å². The molecule has 9 nitrogen and oxygen atoms in total. The molecule has 0 aromatic rings. The maximum atomic E-state index is 9.38. The molecule has 29 heavy (non-hydrogen) atoms. The van der Waals surface area contributed by atoms with Gasteiger partial charge in [0.1, 0.15) is 0 Å². The Bertz CT molecular complexity index is 295. The van der Waals surface area contributed by atoms with E-state index >= 15 is 0 Å². The predicted molar refractivity (Wildman–Crippen MR) is 108 cm³/mol. The lowest BCUT2D eigenvalue weighted by Gasteiger charge is -2.15. The van der Waals surface area contributed by atoms with E-state index in [0.717, 1.165) is 19.4 Å². The number of ether oxygens (including phenoxy) is 8. The van der Waals surface area contributed by atoms with Crippen LogP contribution in [0.25, 0.3) is 0 Å². The minimum atomic E-state index is -0.0448. The van der Waals surface area contributed by atoms with Crippen LogP contribution in [-0.4, -0.2) is 118 Å². The minimum absolute atomic E-state index is 0.0259. The standard InChI is InChI=1S/C20H42O9/c1-22-7-9-24-5-3-4-6-25-13-15-28-18-20(17-21)19-29-16-14-27-12-11-26-10-8-23-2/h20-21H,3-19H2,1-2H3. The highest BCUT2D eigenvalue weighted by Crippen LogP contribution is 1.98. The molecule has 0 heterocycles. The normalized spacial score (nSPS) is 12.5. The first kappa shape index (κ1) is 28.6. The van der Waals surface area contributed by atoms with E-state index in [-0.39, 0.29) is 12.5 Å². The third kappa shape index (κ3) is 23.8. The highest BCUT2D eigenvalue weighted by atomic mass is 16.6. The topological polar surface area (TPSA) is 94.1 Å². The second-order valence-electron chi connectivity index (χ2n) is 6.34. The van der Waals surface area contributed by atoms with Crippen molar-refractivity contribution in [1.29, 1.82) is 0 Å². The summed E-state index contributed by atoms with van der Waals surface area (Å²) in [6.45, 7) is 7.87. The van der Waals surface area contributed by atoms with E-state index in [2.05, 4.69) is 0 Å². The lowest BCUT2D eigenvalue weighted by Crippen LogP contribution is -2.22. The van der Waals surface area contributed by atoms with E-state index in [0.29, 0.717) is 85.9 Å². The maximum Gasteiger partial charge on any atom is 0.0701 e. The fourth-order valence-corrected chi connectivity index (χ4v) is 2.11. The van der Waals surface area contributed by atoms with Crippen LogP contribution in [0.2, 0.25) is 0 Å². The van der Waals surface area contributed by atoms with Crippen molar-refractivity contribution >= 4 is 0 Å². The van der Waals surface area contributed by atoms with Gasteiger partial charge in [0.05, 0.1) is 85.9 Å². The van der Waals surface area contributed by atoms with E-state index in [1.165, 1.54) is 0 Å². The molecule has 1 atom stereocenters. The van der Waals surface area contributed by atoms with Crippen LogP contribution in [0.4, 0.5) is 0 Å². The smallest absolute Gasteiger partial charge is 0.0701 e. The molecule has 0 rings (SSSR count). The Morgan fingerprint density at radius 3 is 1.21 bits per heavy atom. The highest BCUT2D eigenvalue weighted by Gasteiger charge is 2.08. The molecule has 0 amide bonds. The molecule has 0 fully saturated rings. The lowest BCUT2D eigenvalue weighted by atomic mass is 10.2. The largest absolute Gasteiger partial charge is 0.396 e. The molecular weight excluding hydrogens is 384 g/mol. The Kier molecular flexibility index (Phi) is 25.4. The third-order valence-corrected chi connectivity index (χ3v) is 3.77. The summed E-state index contributed by atoms with van der Waals surface area (Å²) in [7, 11) is 3.30. The fourth-order valence-electron chi connectivity index (χ4n) is 2.11. The first-order valence-electron chi connectivity index (χ1n) is 10.4. The second-order valence-corrected chi connectivity index (χ2v) is 6.34. The molecule has 9 heteroatoms. The summed E-state index contributed by atoms with van der Waals surface area (Å²) >= 11 is 0. The number of hydrogen-bond acceptors (Lipinski definition) is 9. The van der Waals surface area contributed by atoms with Crippen molar-refractivity contribution in [1.82, 2.24) is 0 Å². The predicted octanol–water partition coefficient (Wildman–Crippen LogP) is 0.768. The highest BCUT2D eigenvalue weighted by molar-refractivity contribution is 4.54. The Balaban J connectivity index is 3.27. The summed E-state index contributed by atoms with van der Waals surface area (Å²) < 4.78 is 42.4. The molecule has 0 aliphatic heterocycles. The van der Waals surface area contributed by atoms with Crippen molar-refractivity contribution in [3.8, 4) is 0 Å². The Labute approximate surface area is 175 Å². The zero-order valence-electron chi connectivity index (χ0n) is 18.3. The Morgan fingerprint density at radius 1 is 0.483 bits per heavy atom. The van der Waals surface area contributed by atoms with Crippen LogP contribution in [0.15, 0.2) is 0 Å². The molecule has 0 aliphatic carbocycles. The van der Waals surface area contributed by atoms with Gasteiger partial charge in [0.25, 0.3) is 0 Å². The average Bonchev–Trinajstić information content (AvgIpc) is 2.74. The summed E-state index contributed by atoms with van der Waals surface area (Å²) in [5.74, 6) is -0.0448. The first-order chi connectivity index (χ1) is 14.3. The van der Waals surface area contributed by atoms with Gasteiger partial charge in [-0.2, -0.15) is 0 Å². The zero-order chi connectivity index (χ0) is 21.3. The number of hydrogen-bond donors (Lipinski definition) is 1. The summed E-state index contributed by atoms with van der Waals surface area (Å²) in [5.41, 5.74) is 0. The molecule has 0 saturated carbocycles. The van der Waals surface area contributed by atoms with Gasteiger partial charge in [-0.05, 0) is 12.8 Å². The van der Waals surface area contributed by atoms with Gasteiger partial charge in [0.2, 0.25) is 0 Å². The minimum Gasteiger partial charge on any atom is -0.396 e. The number of aliphatic hydroxyl groups excluding tert-OH is 1. The summed E-state index contributed by atoms with van der Waals surface area (Å²) in [6.07, 6.45) is 1.93.